The number of furan rings is 1. The molecule has 0 saturated carbocycles. The average molecular weight is 648 g/mol. The third-order valence-corrected chi connectivity index (χ3v) is 10.6. The van der Waals surface area contributed by atoms with Crippen molar-refractivity contribution in [1.82, 2.24) is 0 Å². The maximum atomic E-state index is 9.54. The number of nitrogens with zero attached hydrogens (tertiary/aromatic N) is 1. The van der Waals surface area contributed by atoms with Crippen molar-refractivity contribution in [1.29, 1.82) is 0 Å². The lowest BCUT2D eigenvalue weighted by molar-refractivity contribution is 0.669. The molecule has 2 aromatic heterocycles. The minimum atomic E-state index is -0.129. The van der Waals surface area contributed by atoms with Gasteiger partial charge < -0.3 is 9.32 Å². The third-order valence-electron chi connectivity index (χ3n) is 9.33. The molecule has 230 valence electrons. The van der Waals surface area contributed by atoms with Crippen molar-refractivity contribution in [3.8, 4) is 22.3 Å². The number of anilines is 3. The molecule has 10 aromatic rings. The fourth-order valence-electron chi connectivity index (χ4n) is 7.04. The quantitative estimate of drug-likeness (QED) is 0.185. The number of hydrogen-bond donors (Lipinski definition) is 0. The first-order valence-corrected chi connectivity index (χ1v) is 17.1. The third kappa shape index (κ3) is 4.62. The van der Waals surface area contributed by atoms with Gasteiger partial charge in [0.1, 0.15) is 11.2 Å². The van der Waals surface area contributed by atoms with Gasteiger partial charge >= 0.3 is 0 Å². The summed E-state index contributed by atoms with van der Waals surface area (Å²) in [5.41, 5.74) is 5.98. The second kappa shape index (κ2) is 11.2. The molecule has 0 aliphatic carbocycles. The number of thiophene rings is 1. The lowest BCUT2D eigenvalue weighted by Crippen LogP contribution is -2.10. The summed E-state index contributed by atoms with van der Waals surface area (Å²) in [6, 6.07) is 49.9. The first-order valence-electron chi connectivity index (χ1n) is 18.3. The lowest BCUT2D eigenvalue weighted by Gasteiger charge is -2.26. The first-order chi connectivity index (χ1) is 26.0. The highest BCUT2D eigenvalue weighted by Gasteiger charge is 2.18. The molecule has 0 atom stereocenters. The van der Waals surface area contributed by atoms with Crippen LogP contribution in [0.25, 0.3) is 75.1 Å². The topological polar surface area (TPSA) is 16.4 Å². The smallest absolute Gasteiger partial charge is 0.137 e. The summed E-state index contributed by atoms with van der Waals surface area (Å²) in [4.78, 5) is 1.84. The minimum absolute atomic E-state index is 0.0987. The lowest BCUT2D eigenvalue weighted by atomic mass is 9.98. The van der Waals surface area contributed by atoms with Crippen LogP contribution < -0.4 is 4.90 Å². The molecule has 2 nitrogen and oxygen atoms in total. The number of fused-ring (bicyclic) bond motifs is 7. The van der Waals surface area contributed by atoms with Crippen LogP contribution in [-0.4, -0.2) is 0 Å². The molecule has 10 rings (SSSR count). The van der Waals surface area contributed by atoms with E-state index < -0.39 is 0 Å². The molecular weight excluding hydrogens is 615 g/mol. The average Bonchev–Trinajstić information content (AvgIpc) is 3.77. The zero-order chi connectivity index (χ0) is 35.8. The van der Waals surface area contributed by atoms with Crippen LogP contribution in [0.2, 0.25) is 0 Å². The van der Waals surface area contributed by atoms with Crippen LogP contribution >= 0.6 is 11.3 Å². The van der Waals surface area contributed by atoms with E-state index in [-0.39, 0.29) is 35.4 Å². The maximum absolute atomic E-state index is 9.54. The van der Waals surface area contributed by atoms with Crippen LogP contribution in [0.15, 0.2) is 180 Å². The highest BCUT2D eigenvalue weighted by atomic mass is 32.1. The normalized spacial score (nSPS) is 12.8. The Labute approximate surface area is 293 Å². The van der Waals surface area contributed by atoms with Crippen LogP contribution in [0.3, 0.4) is 0 Å². The van der Waals surface area contributed by atoms with E-state index in [9.17, 15) is 5.48 Å². The van der Waals surface area contributed by atoms with Crippen molar-refractivity contribution in [2.75, 3.05) is 4.90 Å². The fraction of sp³-hybridized carbons (Fsp3) is 0. The Kier molecular flexibility index (Phi) is 5.51. The van der Waals surface area contributed by atoms with E-state index in [1.807, 2.05) is 102 Å². The van der Waals surface area contributed by atoms with Crippen LogP contribution in [0.4, 0.5) is 17.1 Å². The summed E-state index contributed by atoms with van der Waals surface area (Å²) in [6.45, 7) is 0. The van der Waals surface area contributed by atoms with Gasteiger partial charge in [0, 0.05) is 54.1 Å². The van der Waals surface area contributed by atoms with Crippen molar-refractivity contribution >= 4 is 81.3 Å². The molecule has 0 amide bonds. The number of hydrogen-bond acceptors (Lipinski definition) is 3. The van der Waals surface area contributed by atoms with Crippen molar-refractivity contribution in [2.24, 2.45) is 0 Å². The van der Waals surface area contributed by atoms with Crippen LogP contribution in [-0.2, 0) is 0 Å². The molecule has 49 heavy (non-hydrogen) atoms. The summed E-state index contributed by atoms with van der Waals surface area (Å²) in [5, 5.41) is 6.23. The van der Waals surface area contributed by atoms with E-state index in [0.717, 1.165) is 38.3 Å². The Morgan fingerprint density at radius 2 is 1.12 bits per heavy atom. The van der Waals surface area contributed by atoms with E-state index in [2.05, 4.69) is 54.6 Å². The molecule has 0 fully saturated rings. The Morgan fingerprint density at radius 3 is 2.04 bits per heavy atom. The summed E-state index contributed by atoms with van der Waals surface area (Å²) in [7, 11) is 0. The van der Waals surface area contributed by atoms with Gasteiger partial charge in [0.2, 0.25) is 0 Å². The molecule has 0 spiro atoms. The predicted octanol–water partition coefficient (Wildman–Crippen LogP) is 13.9. The highest BCUT2D eigenvalue weighted by Crippen LogP contribution is 2.43. The molecular formula is C46H29NOS. The molecule has 0 aliphatic rings. The molecule has 8 aromatic carbocycles. The molecule has 0 aliphatic heterocycles. The summed E-state index contributed by atoms with van der Waals surface area (Å²) in [5.74, 6) is 0. The van der Waals surface area contributed by atoms with Gasteiger partial charge in [0.25, 0.3) is 0 Å². The van der Waals surface area contributed by atoms with Gasteiger partial charge in [0.15, 0.2) is 0 Å². The van der Waals surface area contributed by atoms with Gasteiger partial charge in [-0.25, -0.2) is 0 Å². The molecule has 3 heteroatoms. The van der Waals surface area contributed by atoms with Gasteiger partial charge in [-0.3, -0.25) is 0 Å². The fourth-order valence-corrected chi connectivity index (χ4v) is 8.28. The van der Waals surface area contributed by atoms with Gasteiger partial charge in [-0.15, -0.1) is 11.3 Å². The number of rotatable bonds is 5. The Bertz CT molecular complexity index is 3060. The molecule has 0 unspecified atom stereocenters. The molecule has 2 heterocycles. The largest absolute Gasteiger partial charge is 0.456 e. The molecule has 0 radical (unpaired) electrons. The van der Waals surface area contributed by atoms with Gasteiger partial charge in [-0.2, -0.15) is 0 Å². The van der Waals surface area contributed by atoms with E-state index in [1.165, 1.54) is 20.2 Å². The predicted molar refractivity (Wildman–Crippen MR) is 210 cm³/mol. The molecule has 0 N–H and O–H groups in total. The second-order valence-electron chi connectivity index (χ2n) is 12.2. The summed E-state index contributed by atoms with van der Waals surface area (Å²) in [6.07, 6.45) is 0. The zero-order valence-corrected chi connectivity index (χ0v) is 27.0. The van der Waals surface area contributed by atoms with E-state index >= 15 is 0 Å². The Hall–Kier alpha value is -6.16. The van der Waals surface area contributed by atoms with Gasteiger partial charge in [-0.1, -0.05) is 121 Å². The van der Waals surface area contributed by atoms with E-state index in [1.54, 1.807) is 11.3 Å². The highest BCUT2D eigenvalue weighted by molar-refractivity contribution is 7.26. The van der Waals surface area contributed by atoms with Gasteiger partial charge in [0.05, 0.1) is 5.48 Å². The molecule has 0 bridgehead atoms. The molecule has 0 saturated heterocycles. The number of para-hydroxylation sites is 1. The standard InChI is InChI=1S/C46H29NOS/c1-2-14-36-30(10-1)11-8-17-37(36)31-22-24-33(25-23-31)47(35-26-27-40-39-15-3-5-20-43(39)48-44(40)29-35)34-13-7-12-32(28-34)38-18-9-19-42-41-16-4-6-21-45(41)49-46(38)42/h1-29H/i22D,23D,24D,25D. The van der Waals surface area contributed by atoms with Gasteiger partial charge in [-0.05, 0) is 81.5 Å². The zero-order valence-electron chi connectivity index (χ0n) is 30.2. The second-order valence-corrected chi connectivity index (χ2v) is 13.2. The van der Waals surface area contributed by atoms with Crippen molar-refractivity contribution in [3.05, 3.63) is 176 Å². The van der Waals surface area contributed by atoms with Crippen LogP contribution in [0, 0.1) is 0 Å². The van der Waals surface area contributed by atoms with Crippen molar-refractivity contribution in [3.63, 3.8) is 0 Å². The summed E-state index contributed by atoms with van der Waals surface area (Å²) >= 11 is 1.77. The minimum Gasteiger partial charge on any atom is -0.456 e. The maximum Gasteiger partial charge on any atom is 0.137 e. The SMILES string of the molecule is [2H]c1c([2H])c(N(c2cccc(-c3cccc4c3sc3ccccc34)c2)c2ccc3c(c2)oc2ccccc23)c([2H])c([2H])c1-c1cccc2ccccc12. The first kappa shape index (κ1) is 24.1. The Morgan fingerprint density at radius 1 is 0.449 bits per heavy atom. The van der Waals surface area contributed by atoms with Crippen LogP contribution in [0.1, 0.15) is 5.48 Å². The monoisotopic (exact) mass is 647 g/mol. The van der Waals surface area contributed by atoms with E-state index in [0.29, 0.717) is 22.5 Å². The summed E-state index contributed by atoms with van der Waals surface area (Å²) < 4.78 is 46.6. The number of benzene rings is 8. The van der Waals surface area contributed by atoms with Crippen molar-refractivity contribution in [2.45, 2.75) is 0 Å². The van der Waals surface area contributed by atoms with Crippen molar-refractivity contribution < 1.29 is 9.90 Å². The Balaban J connectivity index is 1.22. The van der Waals surface area contributed by atoms with E-state index in [4.69, 9.17) is 4.42 Å². The van der Waals surface area contributed by atoms with Crippen LogP contribution in [0.5, 0.6) is 0 Å².